The average molecular weight is 126 g/mol. The largest absolute Gasteiger partial charge is 0.0125 e. The van der Waals surface area contributed by atoms with Gasteiger partial charge in [-0.3, -0.25) is 0 Å². The smallest absolute Gasteiger partial charge is 0.0125 e. The zero-order chi connectivity index (χ0) is 2.71. The van der Waals surface area contributed by atoms with Crippen LogP contribution in [0.4, 0.5) is 0 Å². The van der Waals surface area contributed by atoms with E-state index in [0.717, 1.165) is 0 Å². The van der Waals surface area contributed by atoms with Crippen LogP contribution < -0.4 is 0 Å². The first-order chi connectivity index (χ1) is 1.41. The Morgan fingerprint density at radius 1 is 1.20 bits per heavy atom. The minimum Gasteiger partial charge on any atom is -0.0125 e. The van der Waals surface area contributed by atoms with Gasteiger partial charge < -0.3 is 7.43 Å². The molecule has 31 valence electrons. The molecule has 0 aliphatic heterocycles. The molecule has 0 aromatic carbocycles. The molecule has 0 aliphatic carbocycles. The Morgan fingerprint density at radius 3 is 1.20 bits per heavy atom. The van der Waals surface area contributed by atoms with Gasteiger partial charge in [-0.05, 0) is 11.0 Å². The van der Waals surface area contributed by atoms with E-state index in [0.29, 0.717) is 0 Å². The van der Waals surface area contributed by atoms with Gasteiger partial charge in [-0.15, -0.1) is 0 Å². The Kier molecular flexibility index (Phi) is 85.4. The molecule has 0 N–H and O–H groups in total. The minimum atomic E-state index is -2.00. The van der Waals surface area contributed by atoms with E-state index < -0.39 is 19.1 Å². The predicted molar refractivity (Wildman–Crippen MR) is 17.7 cm³/mol. The van der Waals surface area contributed by atoms with Gasteiger partial charge in [0.25, 0.3) is 0 Å². The van der Waals surface area contributed by atoms with Crippen LogP contribution in [0.25, 0.3) is 0 Å². The van der Waals surface area contributed by atoms with Gasteiger partial charge in [-0.1, -0.05) is 0 Å². The summed E-state index contributed by atoms with van der Waals surface area (Å²) in [5.41, 5.74) is 0. The molecule has 0 saturated heterocycles. The van der Waals surface area contributed by atoms with Crippen LogP contribution in [0.5, 0.6) is 0 Å². The van der Waals surface area contributed by atoms with E-state index in [2.05, 4.69) is 0 Å². The maximum atomic E-state index is 8.50. The Hall–Kier alpha value is 0.531. The third-order valence-corrected chi connectivity index (χ3v) is 0. The van der Waals surface area contributed by atoms with E-state index in [-0.39, 0.29) is 18.4 Å². The van der Waals surface area contributed by atoms with E-state index in [9.17, 15) is 0 Å². The SMILES string of the molecule is [CH3-].[O]=[Ti]=[O].[SiH3]. The van der Waals surface area contributed by atoms with Crippen LogP contribution in [0.15, 0.2) is 0 Å². The van der Waals surface area contributed by atoms with Crippen molar-refractivity contribution in [2.75, 3.05) is 0 Å². The fourth-order valence-electron chi connectivity index (χ4n) is 0. The molecular weight excluding hydrogens is 120 g/mol. The molecule has 2 nitrogen and oxygen atoms in total. The van der Waals surface area contributed by atoms with Crippen molar-refractivity contribution in [3.63, 3.8) is 0 Å². The zero-order valence-corrected chi connectivity index (χ0v) is 6.88. The first kappa shape index (κ1) is 17.7. The molecule has 0 heterocycles. The second-order valence-corrected chi connectivity index (χ2v) is 0.344. The van der Waals surface area contributed by atoms with Crippen molar-refractivity contribution in [2.45, 2.75) is 0 Å². The Labute approximate surface area is 44.6 Å². The standard InChI is InChI=1S/CH3.2O.H3Si.Ti/h1H3;;;1H3;/q-1;;;;. The molecule has 0 rings (SSSR count). The second-order valence-electron chi connectivity index (χ2n) is 0.0833. The fraction of sp³-hybridized carbons (Fsp3) is 0. The van der Waals surface area contributed by atoms with Crippen molar-refractivity contribution in [1.82, 2.24) is 0 Å². The van der Waals surface area contributed by atoms with Crippen molar-refractivity contribution in [1.29, 1.82) is 0 Å². The van der Waals surface area contributed by atoms with Gasteiger partial charge in [0, 0.05) is 0 Å². The molecule has 0 saturated carbocycles. The monoisotopic (exact) mass is 126 g/mol. The first-order valence-electron chi connectivity index (χ1n) is 0.408. The summed E-state index contributed by atoms with van der Waals surface area (Å²) in [5, 5.41) is 0. The van der Waals surface area contributed by atoms with E-state index in [4.69, 9.17) is 6.65 Å². The minimum absolute atomic E-state index is 0. The maximum Gasteiger partial charge on any atom is -0.0125 e. The van der Waals surface area contributed by atoms with Gasteiger partial charge in [-0.25, -0.2) is 0 Å². The number of hydrogen-bond donors (Lipinski definition) is 0. The van der Waals surface area contributed by atoms with Crippen LogP contribution in [0.1, 0.15) is 0 Å². The molecular formula is CH6O2SiTi-. The second kappa shape index (κ2) is 24.1. The summed E-state index contributed by atoms with van der Waals surface area (Å²) in [6.45, 7) is 0. The first-order valence-corrected chi connectivity index (χ1v) is 1.68. The Balaban J connectivity index is -0.0000000200. The summed E-state index contributed by atoms with van der Waals surface area (Å²) in [6, 6.07) is 0. The van der Waals surface area contributed by atoms with E-state index in [1.165, 1.54) is 0 Å². The van der Waals surface area contributed by atoms with Crippen LogP contribution in [0.3, 0.4) is 0 Å². The summed E-state index contributed by atoms with van der Waals surface area (Å²) >= 11 is -2.00. The van der Waals surface area contributed by atoms with E-state index in [1.54, 1.807) is 0 Å². The summed E-state index contributed by atoms with van der Waals surface area (Å²) in [6.07, 6.45) is 0. The van der Waals surface area contributed by atoms with Gasteiger partial charge in [0.2, 0.25) is 0 Å². The normalized spacial score (nSPS) is 1.60. The van der Waals surface area contributed by atoms with Crippen molar-refractivity contribution in [3.05, 3.63) is 7.43 Å². The average Bonchev–Trinajstić information content (AvgIpc) is 0.918. The molecule has 0 aromatic rings. The maximum absolute atomic E-state index is 8.50. The fourth-order valence-corrected chi connectivity index (χ4v) is 0. The van der Waals surface area contributed by atoms with Crippen LogP contribution >= 0.6 is 0 Å². The molecule has 0 fully saturated rings. The molecule has 0 amide bonds. The van der Waals surface area contributed by atoms with Crippen LogP contribution in [-0.4, -0.2) is 11.0 Å². The third kappa shape index (κ3) is 103. The topological polar surface area (TPSA) is 34.1 Å². The number of hydrogen-bond acceptors (Lipinski definition) is 2. The Bertz CT molecular complexity index is 30.6. The molecule has 0 spiro atoms. The summed E-state index contributed by atoms with van der Waals surface area (Å²) < 4.78 is 17.0. The van der Waals surface area contributed by atoms with Crippen LogP contribution in [0, 0.1) is 7.43 Å². The molecule has 4 heteroatoms. The zero-order valence-electron chi connectivity index (χ0n) is 3.32. The molecule has 0 unspecified atom stereocenters. The number of rotatable bonds is 0. The van der Waals surface area contributed by atoms with Gasteiger partial charge in [-0.2, -0.15) is 0 Å². The molecule has 0 bridgehead atoms. The van der Waals surface area contributed by atoms with Crippen molar-refractivity contribution >= 4 is 11.0 Å². The molecule has 0 aliphatic rings. The Morgan fingerprint density at radius 2 is 1.20 bits per heavy atom. The van der Waals surface area contributed by atoms with E-state index in [1.807, 2.05) is 0 Å². The molecule has 5 heavy (non-hydrogen) atoms. The van der Waals surface area contributed by atoms with Crippen molar-refractivity contribution in [2.24, 2.45) is 0 Å². The van der Waals surface area contributed by atoms with Crippen LogP contribution in [0.2, 0.25) is 0 Å². The van der Waals surface area contributed by atoms with Crippen LogP contribution in [-0.2, 0) is 25.7 Å². The quantitative estimate of drug-likeness (QED) is 0.309. The molecule has 0 aromatic heterocycles. The van der Waals surface area contributed by atoms with Crippen molar-refractivity contribution < 1.29 is 25.7 Å². The molecule has 0 atom stereocenters. The summed E-state index contributed by atoms with van der Waals surface area (Å²) in [5.74, 6) is 0. The van der Waals surface area contributed by atoms with Gasteiger partial charge >= 0.3 is 25.7 Å². The van der Waals surface area contributed by atoms with Gasteiger partial charge in [0.1, 0.15) is 0 Å². The van der Waals surface area contributed by atoms with Gasteiger partial charge in [0.05, 0.1) is 0 Å². The van der Waals surface area contributed by atoms with Gasteiger partial charge in [0.15, 0.2) is 0 Å². The summed E-state index contributed by atoms with van der Waals surface area (Å²) in [7, 11) is 0. The third-order valence-electron chi connectivity index (χ3n) is 0. The van der Waals surface area contributed by atoms with Crippen molar-refractivity contribution in [3.8, 4) is 0 Å². The predicted octanol–water partition coefficient (Wildman–Crippen LogP) is -0.974. The molecule has 1 radical (unpaired) electrons. The van der Waals surface area contributed by atoms with E-state index >= 15 is 0 Å². The summed E-state index contributed by atoms with van der Waals surface area (Å²) in [4.78, 5) is 0.